The highest BCUT2D eigenvalue weighted by molar-refractivity contribution is 6.38. The molecule has 1 aromatic heterocycles. The highest BCUT2D eigenvalue weighted by atomic mass is 35.5. The Balaban J connectivity index is 1.65. The van der Waals surface area contributed by atoms with Crippen LogP contribution in [0.4, 0.5) is 13.2 Å². The Morgan fingerprint density at radius 3 is 2.34 bits per heavy atom. The highest BCUT2D eigenvalue weighted by Gasteiger charge is 2.33. The first-order chi connectivity index (χ1) is 16.4. The van der Waals surface area contributed by atoms with Gasteiger partial charge >= 0.3 is 6.18 Å². The van der Waals surface area contributed by atoms with E-state index in [1.54, 1.807) is 35.6 Å². The number of ketones is 1. The van der Waals surface area contributed by atoms with Crippen LogP contribution in [-0.2, 0) is 24.4 Å². The second-order valence-electron chi connectivity index (χ2n) is 9.16. The average Bonchev–Trinajstić information content (AvgIpc) is 3.09. The molecule has 2 heterocycles. The Kier molecular flexibility index (Phi) is 6.95. The summed E-state index contributed by atoms with van der Waals surface area (Å²) in [7, 11) is 1.70. The fraction of sp³-hybridized carbons (Fsp3) is 0.385. The second kappa shape index (κ2) is 9.51. The molecule has 0 aliphatic carbocycles. The summed E-state index contributed by atoms with van der Waals surface area (Å²) in [5.41, 5.74) is 1.51. The van der Waals surface area contributed by atoms with Crippen LogP contribution >= 0.6 is 23.2 Å². The fourth-order valence-corrected chi connectivity index (χ4v) is 5.38. The Morgan fingerprint density at radius 1 is 1.09 bits per heavy atom. The van der Waals surface area contributed by atoms with Crippen LogP contribution in [0.15, 0.2) is 30.3 Å². The largest absolute Gasteiger partial charge is 0.416 e. The number of Topliss-reactive ketones (excluding diaryl/α,β-unsaturated/α-hetero) is 1. The first kappa shape index (κ1) is 25.6. The van der Waals surface area contributed by atoms with Crippen LogP contribution in [0.5, 0.6) is 0 Å². The lowest BCUT2D eigenvalue weighted by atomic mass is 9.93. The van der Waals surface area contributed by atoms with Crippen LogP contribution in [-0.4, -0.2) is 34.2 Å². The van der Waals surface area contributed by atoms with Crippen molar-refractivity contribution in [3.8, 4) is 0 Å². The molecule has 2 aromatic carbocycles. The zero-order valence-electron chi connectivity index (χ0n) is 19.6. The zero-order valence-corrected chi connectivity index (χ0v) is 21.1. The number of halogens is 5. The van der Waals surface area contributed by atoms with Gasteiger partial charge in [0.05, 0.1) is 16.1 Å². The van der Waals surface area contributed by atoms with E-state index in [9.17, 15) is 22.8 Å². The van der Waals surface area contributed by atoms with Crippen molar-refractivity contribution in [2.75, 3.05) is 13.1 Å². The van der Waals surface area contributed by atoms with Crippen LogP contribution in [0, 0.1) is 12.8 Å². The van der Waals surface area contributed by atoms with Gasteiger partial charge in [0.25, 0.3) is 5.91 Å². The lowest BCUT2D eigenvalue weighted by Gasteiger charge is -2.31. The van der Waals surface area contributed by atoms with Crippen molar-refractivity contribution in [1.29, 1.82) is 0 Å². The first-order valence-corrected chi connectivity index (χ1v) is 12.1. The van der Waals surface area contributed by atoms with E-state index in [4.69, 9.17) is 23.2 Å². The monoisotopic (exact) mass is 524 g/mol. The summed E-state index contributed by atoms with van der Waals surface area (Å²) in [5.74, 6) is -0.114. The number of hydrogen-bond donors (Lipinski definition) is 0. The molecule has 4 rings (SSSR count). The van der Waals surface area contributed by atoms with Gasteiger partial charge in [0.15, 0.2) is 0 Å². The Labute approximate surface area is 211 Å². The van der Waals surface area contributed by atoms with Crippen molar-refractivity contribution in [2.24, 2.45) is 13.0 Å². The number of aryl methyl sites for hydroxylation is 2. The Hall–Kier alpha value is -2.51. The van der Waals surface area contributed by atoms with Gasteiger partial charge in [0.1, 0.15) is 5.78 Å². The zero-order chi connectivity index (χ0) is 25.7. The molecule has 0 saturated carbocycles. The molecule has 3 aromatic rings. The molecule has 1 aliphatic rings. The molecule has 9 heteroatoms. The number of aromatic nitrogens is 1. The maximum Gasteiger partial charge on any atom is 0.416 e. The molecule has 0 bridgehead atoms. The molecule has 4 nitrogen and oxygen atoms in total. The summed E-state index contributed by atoms with van der Waals surface area (Å²) >= 11 is 13.1. The van der Waals surface area contributed by atoms with Crippen LogP contribution in [0.1, 0.15) is 52.5 Å². The number of carbonyl (C=O) groups excluding carboxylic acids is 2. The molecule has 0 radical (unpaired) electrons. The SMILES string of the molecule is CC(=O)C1CCN(C(=O)c2ccc(Cl)c(Cc3cc4cc(C)c(C(F)(F)F)cc4n3C)c2Cl)CC1. The van der Waals surface area contributed by atoms with Gasteiger partial charge in [-0.2, -0.15) is 13.2 Å². The van der Waals surface area contributed by atoms with Crippen molar-refractivity contribution < 1.29 is 22.8 Å². The third-order valence-electron chi connectivity index (χ3n) is 6.92. The number of piperidine rings is 1. The second-order valence-corrected chi connectivity index (χ2v) is 9.94. The molecule has 1 amide bonds. The van der Waals surface area contributed by atoms with E-state index in [2.05, 4.69) is 0 Å². The maximum absolute atomic E-state index is 13.4. The number of likely N-dealkylation sites (tertiary alicyclic amines) is 1. The number of rotatable bonds is 4. The van der Waals surface area contributed by atoms with Gasteiger partial charge in [0, 0.05) is 54.1 Å². The van der Waals surface area contributed by atoms with Crippen molar-refractivity contribution in [2.45, 2.75) is 39.3 Å². The normalized spacial score (nSPS) is 15.1. The molecule has 186 valence electrons. The van der Waals surface area contributed by atoms with Gasteiger partial charge in [-0.1, -0.05) is 23.2 Å². The van der Waals surface area contributed by atoms with Crippen molar-refractivity contribution in [3.63, 3.8) is 0 Å². The summed E-state index contributed by atoms with van der Waals surface area (Å²) in [4.78, 5) is 26.5. The number of hydrogen-bond acceptors (Lipinski definition) is 2. The average molecular weight is 525 g/mol. The molecule has 0 spiro atoms. The molecule has 1 saturated heterocycles. The van der Waals surface area contributed by atoms with E-state index < -0.39 is 11.7 Å². The lowest BCUT2D eigenvalue weighted by Crippen LogP contribution is -2.40. The van der Waals surface area contributed by atoms with Gasteiger partial charge in [-0.3, -0.25) is 9.59 Å². The van der Waals surface area contributed by atoms with Crippen LogP contribution in [0.2, 0.25) is 10.0 Å². The number of alkyl halides is 3. The summed E-state index contributed by atoms with van der Waals surface area (Å²) in [5, 5.41) is 1.29. The predicted octanol–water partition coefficient (Wildman–Crippen LogP) is 6.84. The molecule has 0 atom stereocenters. The number of amides is 1. The number of fused-ring (bicyclic) bond motifs is 1. The van der Waals surface area contributed by atoms with Crippen LogP contribution in [0.25, 0.3) is 10.9 Å². The van der Waals surface area contributed by atoms with Crippen LogP contribution in [0.3, 0.4) is 0 Å². The predicted molar refractivity (Wildman–Crippen MR) is 131 cm³/mol. The quantitative estimate of drug-likeness (QED) is 0.374. The molecule has 35 heavy (non-hydrogen) atoms. The Bertz CT molecular complexity index is 1320. The molecular formula is C26H25Cl2F3N2O2. The minimum atomic E-state index is -4.44. The van der Waals surface area contributed by atoms with Gasteiger partial charge in [-0.15, -0.1) is 0 Å². The summed E-state index contributed by atoms with van der Waals surface area (Å²) in [6, 6.07) is 7.70. The third kappa shape index (κ3) is 4.94. The maximum atomic E-state index is 13.4. The van der Waals surface area contributed by atoms with E-state index in [0.717, 1.165) is 11.8 Å². The number of carbonyl (C=O) groups is 2. The highest BCUT2D eigenvalue weighted by Crippen LogP contribution is 2.37. The van der Waals surface area contributed by atoms with Gasteiger partial charge in [0.2, 0.25) is 0 Å². The minimum absolute atomic E-state index is 0.0247. The summed E-state index contributed by atoms with van der Waals surface area (Å²) < 4.78 is 41.9. The van der Waals surface area contributed by atoms with E-state index >= 15 is 0 Å². The first-order valence-electron chi connectivity index (χ1n) is 11.3. The van der Waals surface area contributed by atoms with E-state index in [0.29, 0.717) is 53.0 Å². The standard InChI is InChI=1S/C26H25Cl2F3N2O2/c1-14-10-17-11-18(32(3)23(17)13-21(14)26(29,30)31)12-20-22(27)5-4-19(24(20)28)25(35)33-8-6-16(7-9-33)15(2)34/h4-5,10-11,13,16H,6-9,12H2,1-3H3. The minimum Gasteiger partial charge on any atom is -0.347 e. The topological polar surface area (TPSA) is 42.3 Å². The smallest absolute Gasteiger partial charge is 0.347 e. The van der Waals surface area contributed by atoms with Crippen molar-refractivity contribution >= 4 is 45.8 Å². The molecule has 0 N–H and O–H groups in total. The molecular weight excluding hydrogens is 500 g/mol. The van der Waals surface area contributed by atoms with Crippen LogP contribution < -0.4 is 0 Å². The number of nitrogens with zero attached hydrogens (tertiary/aromatic N) is 2. The fourth-order valence-electron chi connectivity index (χ4n) is 4.80. The summed E-state index contributed by atoms with van der Waals surface area (Å²) in [6.07, 6.45) is -2.96. The van der Waals surface area contributed by atoms with E-state index in [-0.39, 0.29) is 34.6 Å². The summed E-state index contributed by atoms with van der Waals surface area (Å²) in [6.45, 7) is 3.96. The third-order valence-corrected chi connectivity index (χ3v) is 7.71. The molecule has 0 unspecified atom stereocenters. The van der Waals surface area contributed by atoms with E-state index in [1.807, 2.05) is 6.07 Å². The van der Waals surface area contributed by atoms with E-state index in [1.165, 1.54) is 13.0 Å². The molecule has 1 fully saturated rings. The van der Waals surface area contributed by atoms with Gasteiger partial charge < -0.3 is 9.47 Å². The molecule has 1 aliphatic heterocycles. The van der Waals surface area contributed by atoms with Crippen molar-refractivity contribution in [1.82, 2.24) is 9.47 Å². The lowest BCUT2D eigenvalue weighted by molar-refractivity contribution is -0.138. The van der Waals surface area contributed by atoms with Crippen molar-refractivity contribution in [3.05, 3.63) is 68.3 Å². The Morgan fingerprint density at radius 2 is 1.74 bits per heavy atom. The number of benzene rings is 2. The van der Waals surface area contributed by atoms with Gasteiger partial charge in [-0.05, 0) is 68.1 Å². The van der Waals surface area contributed by atoms with Gasteiger partial charge in [-0.25, -0.2) is 0 Å².